The topological polar surface area (TPSA) is 68.6 Å². The maximum atomic E-state index is 12.9. The number of aromatic nitrogens is 2. The molecule has 10 heteroatoms. The highest BCUT2D eigenvalue weighted by atomic mass is 19.4. The molecular formula is C21H21F3N4O3. The summed E-state index contributed by atoms with van der Waals surface area (Å²) in [5.74, 6) is 0.280. The van der Waals surface area contributed by atoms with Gasteiger partial charge in [-0.1, -0.05) is 0 Å². The molecule has 0 spiro atoms. The number of carbonyl (C=O) groups is 1. The van der Waals surface area contributed by atoms with Gasteiger partial charge in [0.25, 0.3) is 0 Å². The van der Waals surface area contributed by atoms with E-state index in [1.165, 1.54) is 25.9 Å². The van der Waals surface area contributed by atoms with Crippen LogP contribution in [0.25, 0.3) is 0 Å². The summed E-state index contributed by atoms with van der Waals surface area (Å²) >= 11 is 0. The Morgan fingerprint density at radius 3 is 2.32 bits per heavy atom. The Bertz CT molecular complexity index is 1080. The van der Waals surface area contributed by atoms with E-state index in [1.54, 1.807) is 54.4 Å². The first-order chi connectivity index (χ1) is 14.6. The van der Waals surface area contributed by atoms with E-state index in [0.29, 0.717) is 28.4 Å². The molecule has 7 nitrogen and oxygen atoms in total. The highest BCUT2D eigenvalue weighted by molar-refractivity contribution is 5.97. The molecule has 1 N–H and O–H groups in total. The fourth-order valence-corrected chi connectivity index (χ4v) is 3.00. The molecule has 0 aliphatic rings. The van der Waals surface area contributed by atoms with Gasteiger partial charge in [-0.15, -0.1) is 0 Å². The van der Waals surface area contributed by atoms with Crippen LogP contribution in [-0.4, -0.2) is 37.0 Å². The third kappa shape index (κ3) is 4.73. The molecule has 0 fully saturated rings. The average molecular weight is 434 g/mol. The van der Waals surface area contributed by atoms with Gasteiger partial charge in [0.15, 0.2) is 5.69 Å². The molecule has 0 unspecified atom stereocenters. The zero-order valence-electron chi connectivity index (χ0n) is 17.3. The van der Waals surface area contributed by atoms with E-state index in [2.05, 4.69) is 10.4 Å². The summed E-state index contributed by atoms with van der Waals surface area (Å²) in [7, 11) is 5.89. The molecule has 0 aliphatic heterocycles. The number of aryl methyl sites for hydroxylation is 1. The standard InChI is InChI=1S/C21H21F3N4O3/c1-27(19-12-18(21(22,23)24)26-28(19)2)14-7-5-13(6-8-14)25-17-10-9-15(30-3)11-16(17)20(29)31-4/h5-12,25H,1-4H3. The van der Waals surface area contributed by atoms with Gasteiger partial charge in [0.05, 0.1) is 25.5 Å². The molecule has 0 bridgehead atoms. The fourth-order valence-electron chi connectivity index (χ4n) is 3.00. The minimum absolute atomic E-state index is 0.288. The first-order valence-corrected chi connectivity index (χ1v) is 9.12. The minimum atomic E-state index is -4.51. The van der Waals surface area contributed by atoms with Gasteiger partial charge >= 0.3 is 12.1 Å². The molecule has 0 aliphatic carbocycles. The highest BCUT2D eigenvalue weighted by Gasteiger charge is 2.35. The van der Waals surface area contributed by atoms with Gasteiger partial charge in [-0.3, -0.25) is 4.68 Å². The lowest BCUT2D eigenvalue weighted by Gasteiger charge is -2.19. The number of halogens is 3. The van der Waals surface area contributed by atoms with Crippen LogP contribution in [0, 0.1) is 0 Å². The molecule has 1 aromatic heterocycles. The van der Waals surface area contributed by atoms with E-state index in [-0.39, 0.29) is 5.82 Å². The van der Waals surface area contributed by atoms with Gasteiger partial charge in [0, 0.05) is 31.5 Å². The van der Waals surface area contributed by atoms with Crippen molar-refractivity contribution >= 4 is 28.8 Å². The Kier molecular flexibility index (Phi) is 6.09. The molecule has 2 aromatic carbocycles. The SMILES string of the molecule is COC(=O)c1cc(OC)ccc1Nc1ccc(N(C)c2cc(C(F)(F)F)nn2C)cc1. The molecule has 3 aromatic rings. The largest absolute Gasteiger partial charge is 0.497 e. The summed E-state index contributed by atoms with van der Waals surface area (Å²) in [6.45, 7) is 0. The van der Waals surface area contributed by atoms with Gasteiger partial charge in [-0.05, 0) is 42.5 Å². The number of hydrogen-bond donors (Lipinski definition) is 1. The quantitative estimate of drug-likeness (QED) is 0.565. The van der Waals surface area contributed by atoms with Gasteiger partial charge < -0.3 is 19.7 Å². The predicted molar refractivity (Wildman–Crippen MR) is 110 cm³/mol. The third-order valence-corrected chi connectivity index (χ3v) is 4.65. The van der Waals surface area contributed by atoms with Crippen molar-refractivity contribution in [2.24, 2.45) is 7.05 Å². The number of methoxy groups -OCH3 is 2. The summed E-state index contributed by atoms with van der Waals surface area (Å²) < 4.78 is 49.9. The maximum Gasteiger partial charge on any atom is 0.435 e. The van der Waals surface area contributed by atoms with E-state index >= 15 is 0 Å². The van der Waals surface area contributed by atoms with Crippen LogP contribution < -0.4 is 15.0 Å². The first-order valence-electron chi connectivity index (χ1n) is 9.12. The molecule has 3 rings (SSSR count). The number of nitrogens with one attached hydrogen (secondary N) is 1. The summed E-state index contributed by atoms with van der Waals surface area (Å²) in [6.07, 6.45) is -4.51. The van der Waals surface area contributed by atoms with Crippen LogP contribution in [0.2, 0.25) is 0 Å². The number of hydrogen-bond acceptors (Lipinski definition) is 6. The Labute approximate surface area is 177 Å². The van der Waals surface area contributed by atoms with Crippen LogP contribution in [-0.2, 0) is 18.0 Å². The summed E-state index contributed by atoms with van der Waals surface area (Å²) in [5.41, 5.74) is 1.21. The van der Waals surface area contributed by atoms with Crippen molar-refractivity contribution in [3.05, 3.63) is 59.8 Å². The molecule has 0 saturated carbocycles. The van der Waals surface area contributed by atoms with Crippen molar-refractivity contribution in [1.29, 1.82) is 0 Å². The predicted octanol–water partition coefficient (Wildman–Crippen LogP) is 4.75. The highest BCUT2D eigenvalue weighted by Crippen LogP contribution is 2.33. The van der Waals surface area contributed by atoms with E-state index < -0.39 is 17.8 Å². The molecule has 0 amide bonds. The number of anilines is 4. The van der Waals surface area contributed by atoms with Crippen LogP contribution in [0.3, 0.4) is 0 Å². The molecule has 1 heterocycles. The molecule has 0 atom stereocenters. The van der Waals surface area contributed by atoms with Crippen LogP contribution in [0.5, 0.6) is 5.75 Å². The van der Waals surface area contributed by atoms with Crippen LogP contribution >= 0.6 is 0 Å². The number of benzene rings is 2. The monoisotopic (exact) mass is 434 g/mol. The smallest absolute Gasteiger partial charge is 0.435 e. The number of rotatable bonds is 6. The zero-order valence-corrected chi connectivity index (χ0v) is 17.3. The number of nitrogens with zero attached hydrogens (tertiary/aromatic N) is 3. The zero-order chi connectivity index (χ0) is 22.8. The van der Waals surface area contributed by atoms with Crippen molar-refractivity contribution in [2.45, 2.75) is 6.18 Å². The fraction of sp³-hybridized carbons (Fsp3) is 0.238. The van der Waals surface area contributed by atoms with Crippen molar-refractivity contribution < 1.29 is 27.4 Å². The lowest BCUT2D eigenvalue weighted by atomic mass is 10.1. The Morgan fingerprint density at radius 1 is 1.10 bits per heavy atom. The lowest BCUT2D eigenvalue weighted by molar-refractivity contribution is -0.141. The molecule has 31 heavy (non-hydrogen) atoms. The third-order valence-electron chi connectivity index (χ3n) is 4.65. The van der Waals surface area contributed by atoms with Crippen molar-refractivity contribution in [1.82, 2.24) is 9.78 Å². The van der Waals surface area contributed by atoms with E-state index in [0.717, 1.165) is 6.07 Å². The van der Waals surface area contributed by atoms with Crippen LogP contribution in [0.1, 0.15) is 16.1 Å². The second-order valence-electron chi connectivity index (χ2n) is 6.64. The van der Waals surface area contributed by atoms with Crippen LogP contribution in [0.4, 0.5) is 36.1 Å². The normalized spacial score (nSPS) is 11.2. The second-order valence-corrected chi connectivity index (χ2v) is 6.64. The number of alkyl halides is 3. The molecule has 0 saturated heterocycles. The summed E-state index contributed by atoms with van der Waals surface area (Å²) in [5, 5.41) is 6.67. The molecule has 0 radical (unpaired) electrons. The number of carbonyl (C=O) groups excluding carboxylic acids is 1. The minimum Gasteiger partial charge on any atom is -0.497 e. The molecule has 164 valence electrons. The van der Waals surface area contributed by atoms with E-state index in [4.69, 9.17) is 9.47 Å². The van der Waals surface area contributed by atoms with Crippen molar-refractivity contribution in [3.8, 4) is 5.75 Å². The Balaban J connectivity index is 1.83. The lowest BCUT2D eigenvalue weighted by Crippen LogP contribution is -2.13. The van der Waals surface area contributed by atoms with Gasteiger partial charge in [0.2, 0.25) is 0 Å². The van der Waals surface area contributed by atoms with Gasteiger partial charge in [-0.2, -0.15) is 18.3 Å². The Morgan fingerprint density at radius 2 is 1.77 bits per heavy atom. The maximum absolute atomic E-state index is 12.9. The van der Waals surface area contributed by atoms with E-state index in [1.807, 2.05) is 0 Å². The summed E-state index contributed by atoms with van der Waals surface area (Å²) in [6, 6.07) is 12.9. The molecular weight excluding hydrogens is 413 g/mol. The van der Waals surface area contributed by atoms with Crippen molar-refractivity contribution in [3.63, 3.8) is 0 Å². The van der Waals surface area contributed by atoms with Gasteiger partial charge in [-0.25, -0.2) is 4.79 Å². The van der Waals surface area contributed by atoms with Crippen molar-refractivity contribution in [2.75, 3.05) is 31.5 Å². The van der Waals surface area contributed by atoms with Crippen LogP contribution in [0.15, 0.2) is 48.5 Å². The first kappa shape index (κ1) is 22.0. The average Bonchev–Trinajstić information content (AvgIpc) is 3.15. The Hall–Kier alpha value is -3.69. The van der Waals surface area contributed by atoms with E-state index in [9.17, 15) is 18.0 Å². The summed E-state index contributed by atoms with van der Waals surface area (Å²) in [4.78, 5) is 13.7. The van der Waals surface area contributed by atoms with Gasteiger partial charge in [0.1, 0.15) is 11.6 Å². The number of ether oxygens (including phenoxy) is 2. The second kappa shape index (κ2) is 8.58. The number of esters is 1.